The SMILES string of the molecule is CC(=O)C1=c2ccccc2=CCC1. The average Bonchev–Trinajstić information content (AvgIpc) is 2.17. The summed E-state index contributed by atoms with van der Waals surface area (Å²) in [5.74, 6) is 0.209. The summed E-state index contributed by atoms with van der Waals surface area (Å²) in [5, 5.41) is 2.33. The van der Waals surface area contributed by atoms with Crippen LogP contribution in [-0.2, 0) is 4.79 Å². The van der Waals surface area contributed by atoms with Crippen molar-refractivity contribution < 1.29 is 4.79 Å². The maximum atomic E-state index is 11.3. The van der Waals surface area contributed by atoms with Crippen LogP contribution in [0.15, 0.2) is 24.3 Å². The van der Waals surface area contributed by atoms with Gasteiger partial charge < -0.3 is 0 Å². The van der Waals surface area contributed by atoms with Crippen LogP contribution in [0.1, 0.15) is 19.8 Å². The highest BCUT2D eigenvalue weighted by Crippen LogP contribution is 2.08. The van der Waals surface area contributed by atoms with E-state index in [1.54, 1.807) is 6.92 Å². The summed E-state index contributed by atoms with van der Waals surface area (Å²) >= 11 is 0. The second kappa shape index (κ2) is 3.17. The number of fused-ring (bicyclic) bond motifs is 1. The van der Waals surface area contributed by atoms with Gasteiger partial charge in [0.05, 0.1) is 0 Å². The molecule has 0 amide bonds. The first-order chi connectivity index (χ1) is 6.29. The minimum atomic E-state index is 0.209. The molecule has 0 aromatic heterocycles. The van der Waals surface area contributed by atoms with Gasteiger partial charge in [0.25, 0.3) is 0 Å². The molecule has 0 fully saturated rings. The summed E-state index contributed by atoms with van der Waals surface area (Å²) in [4.78, 5) is 11.3. The van der Waals surface area contributed by atoms with Crippen molar-refractivity contribution in [3.63, 3.8) is 0 Å². The minimum Gasteiger partial charge on any atom is -0.295 e. The Morgan fingerprint density at radius 2 is 2.08 bits per heavy atom. The lowest BCUT2D eigenvalue weighted by atomic mass is 9.97. The molecule has 0 heterocycles. The molecule has 0 unspecified atom stereocenters. The predicted molar refractivity (Wildman–Crippen MR) is 53.5 cm³/mol. The lowest BCUT2D eigenvalue weighted by Gasteiger charge is -2.06. The Morgan fingerprint density at radius 1 is 1.31 bits per heavy atom. The maximum Gasteiger partial charge on any atom is 0.156 e. The van der Waals surface area contributed by atoms with Gasteiger partial charge >= 0.3 is 0 Å². The zero-order chi connectivity index (χ0) is 9.26. The normalized spacial score (nSPS) is 14.7. The van der Waals surface area contributed by atoms with Gasteiger partial charge in [0.15, 0.2) is 5.78 Å². The summed E-state index contributed by atoms with van der Waals surface area (Å²) in [6, 6.07) is 8.10. The van der Waals surface area contributed by atoms with Crippen molar-refractivity contribution in [1.29, 1.82) is 0 Å². The van der Waals surface area contributed by atoms with E-state index in [1.807, 2.05) is 18.2 Å². The summed E-state index contributed by atoms with van der Waals surface area (Å²) < 4.78 is 0. The van der Waals surface area contributed by atoms with E-state index in [0.29, 0.717) is 0 Å². The van der Waals surface area contributed by atoms with Gasteiger partial charge in [0.2, 0.25) is 0 Å². The minimum absolute atomic E-state index is 0.209. The van der Waals surface area contributed by atoms with Crippen molar-refractivity contribution in [3.8, 4) is 0 Å². The number of rotatable bonds is 1. The van der Waals surface area contributed by atoms with Crippen LogP contribution in [-0.4, -0.2) is 5.78 Å². The summed E-state index contributed by atoms with van der Waals surface area (Å²) in [6.07, 6.45) is 4.08. The molecule has 66 valence electrons. The number of hydrogen-bond acceptors (Lipinski definition) is 1. The number of Topliss-reactive ketones (excluding diaryl/α,β-unsaturated/α-hetero) is 1. The molecule has 0 saturated carbocycles. The first-order valence-corrected chi connectivity index (χ1v) is 4.58. The fourth-order valence-electron chi connectivity index (χ4n) is 1.82. The predicted octanol–water partition coefficient (Wildman–Crippen LogP) is 1.00. The number of carbonyl (C=O) groups excluding carboxylic acids is 1. The van der Waals surface area contributed by atoms with Crippen LogP contribution in [0, 0.1) is 0 Å². The van der Waals surface area contributed by atoms with Crippen LogP contribution >= 0.6 is 0 Å². The Balaban J connectivity index is 2.83. The summed E-state index contributed by atoms with van der Waals surface area (Å²) in [5.41, 5.74) is 0.984. The van der Waals surface area contributed by atoms with Gasteiger partial charge in [0.1, 0.15) is 0 Å². The molecule has 1 aromatic carbocycles. The third-order valence-electron chi connectivity index (χ3n) is 2.47. The first-order valence-electron chi connectivity index (χ1n) is 4.58. The van der Waals surface area contributed by atoms with E-state index in [9.17, 15) is 4.79 Å². The third kappa shape index (κ3) is 1.42. The zero-order valence-corrected chi connectivity index (χ0v) is 7.71. The molecule has 1 aromatic rings. The van der Waals surface area contributed by atoms with Crippen LogP contribution < -0.4 is 10.4 Å². The number of hydrogen-bond donors (Lipinski definition) is 0. The molecule has 0 radical (unpaired) electrons. The second-order valence-electron chi connectivity index (χ2n) is 3.36. The zero-order valence-electron chi connectivity index (χ0n) is 7.71. The highest BCUT2D eigenvalue weighted by atomic mass is 16.1. The van der Waals surface area contributed by atoms with Gasteiger partial charge in [-0.3, -0.25) is 4.79 Å². The van der Waals surface area contributed by atoms with E-state index in [2.05, 4.69) is 12.1 Å². The van der Waals surface area contributed by atoms with Crippen LogP contribution in [0.2, 0.25) is 0 Å². The van der Waals surface area contributed by atoms with E-state index in [-0.39, 0.29) is 5.78 Å². The van der Waals surface area contributed by atoms with Crippen molar-refractivity contribution in [2.24, 2.45) is 0 Å². The van der Waals surface area contributed by atoms with Crippen molar-refractivity contribution in [3.05, 3.63) is 34.7 Å². The van der Waals surface area contributed by atoms with E-state index >= 15 is 0 Å². The van der Waals surface area contributed by atoms with Crippen LogP contribution in [0.5, 0.6) is 0 Å². The number of carbonyl (C=O) groups is 1. The molecule has 2 rings (SSSR count). The molecule has 0 aliphatic heterocycles. The fourth-order valence-corrected chi connectivity index (χ4v) is 1.82. The lowest BCUT2D eigenvalue weighted by Crippen LogP contribution is -2.30. The molecule has 0 spiro atoms. The molecule has 0 bridgehead atoms. The van der Waals surface area contributed by atoms with E-state index < -0.39 is 0 Å². The first kappa shape index (κ1) is 8.24. The van der Waals surface area contributed by atoms with Crippen LogP contribution in [0.4, 0.5) is 0 Å². The average molecular weight is 172 g/mol. The van der Waals surface area contributed by atoms with Gasteiger partial charge in [-0.2, -0.15) is 0 Å². The van der Waals surface area contributed by atoms with Gasteiger partial charge in [0, 0.05) is 5.57 Å². The maximum absolute atomic E-state index is 11.3. The van der Waals surface area contributed by atoms with Gasteiger partial charge in [-0.25, -0.2) is 0 Å². The molecule has 13 heavy (non-hydrogen) atoms. The van der Waals surface area contributed by atoms with Crippen molar-refractivity contribution in [2.75, 3.05) is 0 Å². The fraction of sp³-hybridized carbons (Fsp3) is 0.250. The number of ketones is 1. The molecular formula is C12H12O. The lowest BCUT2D eigenvalue weighted by molar-refractivity contribution is -0.112. The summed E-state index contributed by atoms with van der Waals surface area (Å²) in [6.45, 7) is 1.65. The smallest absolute Gasteiger partial charge is 0.156 e. The molecule has 0 atom stereocenters. The largest absolute Gasteiger partial charge is 0.295 e. The Bertz CT molecular complexity index is 454. The van der Waals surface area contributed by atoms with Crippen LogP contribution in [0.3, 0.4) is 0 Å². The third-order valence-corrected chi connectivity index (χ3v) is 2.47. The van der Waals surface area contributed by atoms with Crippen molar-refractivity contribution >= 4 is 17.4 Å². The molecule has 0 saturated heterocycles. The van der Waals surface area contributed by atoms with Gasteiger partial charge in [-0.15, -0.1) is 0 Å². The second-order valence-corrected chi connectivity index (χ2v) is 3.36. The molecule has 1 aliphatic rings. The molecule has 1 aliphatic carbocycles. The highest BCUT2D eigenvalue weighted by molar-refractivity contribution is 6.13. The summed E-state index contributed by atoms with van der Waals surface area (Å²) in [7, 11) is 0. The quantitative estimate of drug-likeness (QED) is 0.617. The molecule has 1 nitrogen and oxygen atoms in total. The molecule has 1 heteroatoms. The number of benzene rings is 1. The Morgan fingerprint density at radius 3 is 2.85 bits per heavy atom. The molecule has 0 N–H and O–H groups in total. The van der Waals surface area contributed by atoms with Crippen LogP contribution in [0.25, 0.3) is 11.6 Å². The van der Waals surface area contributed by atoms with Crippen molar-refractivity contribution in [1.82, 2.24) is 0 Å². The monoisotopic (exact) mass is 172 g/mol. The van der Waals surface area contributed by atoms with Gasteiger partial charge in [-0.1, -0.05) is 30.3 Å². The topological polar surface area (TPSA) is 17.1 Å². The Labute approximate surface area is 77.4 Å². The van der Waals surface area contributed by atoms with Gasteiger partial charge in [-0.05, 0) is 30.2 Å². The van der Waals surface area contributed by atoms with E-state index in [1.165, 1.54) is 5.22 Å². The van der Waals surface area contributed by atoms with E-state index in [4.69, 9.17) is 0 Å². The Kier molecular flexibility index (Phi) is 2.01. The van der Waals surface area contributed by atoms with Crippen molar-refractivity contribution in [2.45, 2.75) is 19.8 Å². The Hall–Kier alpha value is -1.37. The standard InChI is InChI=1S/C12H12O/c1-9(13)11-8-4-6-10-5-2-3-7-12(10)11/h2-3,5-7H,4,8H2,1H3. The highest BCUT2D eigenvalue weighted by Gasteiger charge is 2.07. The molecular weight excluding hydrogens is 160 g/mol. The van der Waals surface area contributed by atoms with E-state index in [0.717, 1.165) is 23.6 Å².